The number of para-hydroxylation sites is 3. The molecule has 4 aromatic heterocycles. The van der Waals surface area contributed by atoms with E-state index in [0.29, 0.717) is 0 Å². The minimum absolute atomic E-state index is 0.873. The SMILES string of the molecule is c1ccc(-n2c3ccccc3c3cc(-c4ccc5oc6ccc(-n7c8ccccc8c8cc(-c9cccc%10c%11ccccc%11c%11cc(-c%12cccc(-c%13cccc%14c%13sc%13ccccc%13%14)c%12)ccc%11c9%10)ccc87)cc6c5c4)ccc32)cc1. The Morgan fingerprint density at radius 1 is 0.244 bits per heavy atom. The molecule has 0 bridgehead atoms. The van der Waals surface area contributed by atoms with Gasteiger partial charge in [-0.25, -0.2) is 0 Å². The molecule has 18 aromatic rings. The van der Waals surface area contributed by atoms with Gasteiger partial charge in [0.05, 0.1) is 22.1 Å². The number of nitrogens with zero attached hydrogens (tertiary/aromatic N) is 2. The van der Waals surface area contributed by atoms with Gasteiger partial charge in [-0.15, -0.1) is 11.3 Å². The van der Waals surface area contributed by atoms with E-state index in [-0.39, 0.29) is 0 Å². The molecule has 0 aliphatic rings. The van der Waals surface area contributed by atoms with Crippen LogP contribution in [0.2, 0.25) is 0 Å². The summed E-state index contributed by atoms with van der Waals surface area (Å²) in [6.07, 6.45) is 0. The van der Waals surface area contributed by atoms with Gasteiger partial charge in [0, 0.05) is 63.9 Å². The summed E-state index contributed by atoms with van der Waals surface area (Å²) in [6.45, 7) is 0. The van der Waals surface area contributed by atoms with E-state index in [0.717, 1.165) is 49.9 Å². The molecule has 0 atom stereocenters. The third-order valence-corrected chi connectivity index (χ3v) is 18.7. The van der Waals surface area contributed by atoms with Crippen LogP contribution in [0.25, 0.3) is 174 Å². The van der Waals surface area contributed by atoms with Crippen molar-refractivity contribution in [1.82, 2.24) is 9.13 Å². The second-order valence-electron chi connectivity index (χ2n) is 21.9. The molecule has 0 fully saturated rings. The zero-order valence-electron chi connectivity index (χ0n) is 44.3. The number of hydrogen-bond donors (Lipinski definition) is 0. The van der Waals surface area contributed by atoms with Gasteiger partial charge in [0.2, 0.25) is 0 Å². The molecule has 0 saturated carbocycles. The molecule has 0 amide bonds. The Hall–Kier alpha value is -10.5. The lowest BCUT2D eigenvalue weighted by Crippen LogP contribution is -1.93. The van der Waals surface area contributed by atoms with Crippen molar-refractivity contribution >= 4 is 129 Å². The number of fused-ring (bicyclic) bond motifs is 18. The van der Waals surface area contributed by atoms with Gasteiger partial charge in [-0.05, 0) is 174 Å². The van der Waals surface area contributed by atoms with Gasteiger partial charge in [-0.3, -0.25) is 0 Å². The molecule has 4 heterocycles. The predicted molar refractivity (Wildman–Crippen MR) is 350 cm³/mol. The number of hydrogen-bond acceptors (Lipinski definition) is 2. The summed E-state index contributed by atoms with van der Waals surface area (Å²) < 4.78 is 14.0. The Kier molecular flexibility index (Phi) is 9.67. The Labute approximate surface area is 475 Å². The fourth-order valence-corrected chi connectivity index (χ4v) is 15.0. The van der Waals surface area contributed by atoms with Gasteiger partial charge in [0.15, 0.2) is 0 Å². The maximum Gasteiger partial charge on any atom is 0.135 e. The van der Waals surface area contributed by atoms with Crippen molar-refractivity contribution in [3.63, 3.8) is 0 Å². The Balaban J connectivity index is 0.753. The van der Waals surface area contributed by atoms with Crippen molar-refractivity contribution in [2.24, 2.45) is 0 Å². The van der Waals surface area contributed by atoms with Crippen LogP contribution in [0.15, 0.2) is 283 Å². The zero-order chi connectivity index (χ0) is 53.6. The van der Waals surface area contributed by atoms with Gasteiger partial charge in [-0.1, -0.05) is 182 Å². The average molecular weight is 1060 g/mol. The van der Waals surface area contributed by atoms with Crippen molar-refractivity contribution in [1.29, 1.82) is 0 Å². The molecule has 0 aliphatic carbocycles. The third kappa shape index (κ3) is 6.70. The van der Waals surface area contributed by atoms with Crippen LogP contribution in [0.3, 0.4) is 0 Å². The van der Waals surface area contributed by atoms with Crippen molar-refractivity contribution in [3.8, 4) is 55.9 Å². The second-order valence-corrected chi connectivity index (χ2v) is 22.9. The van der Waals surface area contributed by atoms with E-state index in [1.165, 1.54) is 124 Å². The van der Waals surface area contributed by atoms with Gasteiger partial charge >= 0.3 is 0 Å². The van der Waals surface area contributed by atoms with Crippen molar-refractivity contribution in [2.45, 2.75) is 0 Å². The highest BCUT2D eigenvalue weighted by Crippen LogP contribution is 2.46. The number of rotatable bonds is 6. The monoisotopic (exact) mass is 1060 g/mol. The average Bonchev–Trinajstić information content (AvgIpc) is 4.08. The molecular formula is C78H46N2OS. The molecule has 380 valence electrons. The first kappa shape index (κ1) is 45.4. The topological polar surface area (TPSA) is 23.0 Å². The molecule has 18 rings (SSSR count). The van der Waals surface area contributed by atoms with Gasteiger partial charge in [0.1, 0.15) is 11.2 Å². The lowest BCUT2D eigenvalue weighted by Gasteiger charge is -2.16. The van der Waals surface area contributed by atoms with E-state index in [9.17, 15) is 0 Å². The van der Waals surface area contributed by atoms with Crippen LogP contribution in [0.4, 0.5) is 0 Å². The quantitative estimate of drug-likeness (QED) is 0.152. The molecule has 0 saturated heterocycles. The molecule has 0 unspecified atom stereocenters. The first-order chi connectivity index (χ1) is 40.6. The number of thiophene rings is 1. The van der Waals surface area contributed by atoms with Crippen LogP contribution in [-0.4, -0.2) is 9.13 Å². The smallest absolute Gasteiger partial charge is 0.135 e. The first-order valence-electron chi connectivity index (χ1n) is 28.1. The molecule has 82 heavy (non-hydrogen) atoms. The summed E-state index contributed by atoms with van der Waals surface area (Å²) in [4.78, 5) is 0. The van der Waals surface area contributed by atoms with Crippen molar-refractivity contribution in [2.75, 3.05) is 0 Å². The van der Waals surface area contributed by atoms with Crippen molar-refractivity contribution < 1.29 is 4.42 Å². The second kappa shape index (κ2) is 17.5. The number of aromatic nitrogens is 2. The van der Waals surface area contributed by atoms with Gasteiger partial charge in [-0.2, -0.15) is 0 Å². The highest BCUT2D eigenvalue weighted by atomic mass is 32.1. The Morgan fingerprint density at radius 2 is 0.720 bits per heavy atom. The molecule has 14 aromatic carbocycles. The van der Waals surface area contributed by atoms with Crippen LogP contribution in [0, 0.1) is 0 Å². The third-order valence-electron chi connectivity index (χ3n) is 17.5. The summed E-state index contributed by atoms with van der Waals surface area (Å²) in [5, 5.41) is 17.3. The molecule has 0 N–H and O–H groups in total. The summed E-state index contributed by atoms with van der Waals surface area (Å²) in [6, 6.07) is 103. The van der Waals surface area contributed by atoms with Crippen LogP contribution in [0.5, 0.6) is 0 Å². The summed E-state index contributed by atoms with van der Waals surface area (Å²) in [5.41, 5.74) is 18.4. The van der Waals surface area contributed by atoms with Gasteiger partial charge < -0.3 is 13.6 Å². The lowest BCUT2D eigenvalue weighted by molar-refractivity contribution is 0.669. The van der Waals surface area contributed by atoms with Crippen LogP contribution >= 0.6 is 11.3 Å². The van der Waals surface area contributed by atoms with E-state index >= 15 is 0 Å². The van der Waals surface area contributed by atoms with Crippen LogP contribution in [-0.2, 0) is 0 Å². The van der Waals surface area contributed by atoms with Gasteiger partial charge in [0.25, 0.3) is 0 Å². The molecular weight excluding hydrogens is 1010 g/mol. The zero-order valence-corrected chi connectivity index (χ0v) is 45.1. The standard InChI is InChI=1S/C78H46N2OS/c1-2-17-53(18-3-1)79-70-28-9-6-21-59(70)66-43-49(32-37-72(66)79)50-34-39-74-68(44-50)69-46-54(35-40-75(69)81-74)80-71-29-10-7-22-60(71)67-45-52(33-38-73(67)80)55-24-13-26-62-57-19-4-5-20-58(57)65-42-48(31-36-63(65)77(55)62)47-15-12-16-51(41-47)56-25-14-27-64-61-23-8-11-30-76(61)82-78(56)64/h1-46H. The van der Waals surface area contributed by atoms with E-state index in [1.807, 2.05) is 11.3 Å². The lowest BCUT2D eigenvalue weighted by atomic mass is 9.88. The first-order valence-corrected chi connectivity index (χ1v) is 28.9. The Morgan fingerprint density at radius 3 is 1.49 bits per heavy atom. The van der Waals surface area contributed by atoms with Crippen LogP contribution < -0.4 is 0 Å². The molecule has 0 spiro atoms. The minimum atomic E-state index is 0.873. The maximum atomic E-state index is 6.59. The molecule has 3 nitrogen and oxygen atoms in total. The fraction of sp³-hybridized carbons (Fsp3) is 0. The van der Waals surface area contributed by atoms with Crippen LogP contribution in [0.1, 0.15) is 0 Å². The Bertz CT molecular complexity index is 5710. The number of benzene rings is 14. The molecule has 0 radical (unpaired) electrons. The maximum absolute atomic E-state index is 6.59. The normalized spacial score (nSPS) is 12.1. The van der Waals surface area contributed by atoms with E-state index in [1.54, 1.807) is 0 Å². The minimum Gasteiger partial charge on any atom is -0.456 e. The number of furan rings is 1. The van der Waals surface area contributed by atoms with E-state index in [4.69, 9.17) is 4.42 Å². The highest BCUT2D eigenvalue weighted by Gasteiger charge is 2.20. The molecule has 4 heteroatoms. The molecule has 0 aliphatic heterocycles. The summed E-state index contributed by atoms with van der Waals surface area (Å²) in [7, 11) is 0. The predicted octanol–water partition coefficient (Wildman–Crippen LogP) is 22.3. The summed E-state index contributed by atoms with van der Waals surface area (Å²) >= 11 is 1.89. The largest absolute Gasteiger partial charge is 0.456 e. The van der Waals surface area contributed by atoms with E-state index in [2.05, 4.69) is 288 Å². The van der Waals surface area contributed by atoms with E-state index < -0.39 is 0 Å². The van der Waals surface area contributed by atoms with Crippen molar-refractivity contribution in [3.05, 3.63) is 279 Å². The highest BCUT2D eigenvalue weighted by molar-refractivity contribution is 7.26. The summed E-state index contributed by atoms with van der Waals surface area (Å²) in [5.74, 6) is 0. The fourth-order valence-electron chi connectivity index (χ4n) is 13.8.